The minimum Gasteiger partial charge on any atom is -0.389 e. The molecule has 5 nitrogen and oxygen atoms in total. The van der Waals surface area contributed by atoms with Gasteiger partial charge in [0.1, 0.15) is 0 Å². The molecule has 0 spiro atoms. The normalized spacial score (nSPS) is 27.2. The van der Waals surface area contributed by atoms with Gasteiger partial charge in [0.05, 0.1) is 5.60 Å². The van der Waals surface area contributed by atoms with Gasteiger partial charge in [-0.1, -0.05) is 97.8 Å². The molecule has 4 aromatic rings. The molecule has 0 aromatic heterocycles. The zero-order chi connectivity index (χ0) is 29.4. The van der Waals surface area contributed by atoms with Crippen LogP contribution in [0.1, 0.15) is 61.5 Å². The number of aliphatic hydroxyl groups is 1. The molecule has 5 N–H and O–H groups in total. The minimum absolute atomic E-state index is 0. The lowest BCUT2D eigenvalue weighted by Crippen LogP contribution is -2.53. The van der Waals surface area contributed by atoms with E-state index in [2.05, 4.69) is 94.7 Å². The first-order valence-corrected chi connectivity index (χ1v) is 16.6. The van der Waals surface area contributed by atoms with Crippen molar-refractivity contribution in [3.05, 3.63) is 96.1 Å². The number of likely N-dealkylation sites (tertiary alicyclic amines) is 2. The number of hydrogen-bond donors (Lipinski definition) is 3. The number of halogens is 2. The maximum atomic E-state index is 13.5. The molecule has 45 heavy (non-hydrogen) atoms. The molecule has 3 fully saturated rings. The Balaban J connectivity index is 0.00000200. The lowest BCUT2D eigenvalue weighted by molar-refractivity contribution is -0.0874. The fraction of sp³-hybridized carbons (Fsp3) is 0.474. The minimum atomic E-state index is -0.849. The third-order valence-corrected chi connectivity index (χ3v) is 11.0. The summed E-state index contributed by atoms with van der Waals surface area (Å²) in [5, 5.41) is 18.6. The zero-order valence-corrected chi connectivity index (χ0v) is 27.9. The van der Waals surface area contributed by atoms with Crippen LogP contribution in [0.4, 0.5) is 0 Å². The molecular formula is C38H50Cl2N4O. The van der Waals surface area contributed by atoms with Crippen LogP contribution >= 0.6 is 24.8 Å². The first-order valence-electron chi connectivity index (χ1n) is 16.6. The molecule has 0 bridgehead atoms. The maximum Gasteiger partial charge on any atom is 0.0762 e. The van der Waals surface area contributed by atoms with Crippen molar-refractivity contribution in [2.75, 3.05) is 39.3 Å². The Hall–Kier alpha value is -2.22. The van der Waals surface area contributed by atoms with Gasteiger partial charge < -0.3 is 26.4 Å². The van der Waals surface area contributed by atoms with Crippen LogP contribution in [0.2, 0.25) is 0 Å². The molecule has 7 rings (SSSR count). The molecule has 7 heteroatoms. The third-order valence-electron chi connectivity index (χ3n) is 11.0. The smallest absolute Gasteiger partial charge is 0.0762 e. The van der Waals surface area contributed by atoms with E-state index in [1.807, 2.05) is 0 Å². The van der Waals surface area contributed by atoms with Crippen molar-refractivity contribution in [3.8, 4) is 0 Å². The summed E-state index contributed by atoms with van der Waals surface area (Å²) in [7, 11) is 0. The highest BCUT2D eigenvalue weighted by molar-refractivity contribution is 5.87. The Bertz CT molecular complexity index is 1560. The first-order chi connectivity index (χ1) is 21.0. The van der Waals surface area contributed by atoms with Gasteiger partial charge in [-0.2, -0.15) is 0 Å². The molecule has 2 heterocycles. The molecule has 2 aliphatic heterocycles. The van der Waals surface area contributed by atoms with Crippen LogP contribution in [0.5, 0.6) is 0 Å². The van der Waals surface area contributed by atoms with Crippen LogP contribution in [-0.2, 0) is 0 Å². The number of rotatable bonds is 8. The SMILES string of the molecule is Cl.Cl.N[C@H]1CCN(CC(c2cccc3ccccc23)C2CCCCC2(O)C(CN2CC[C@H](N)C2)c2cccc3ccccc23)C1. The van der Waals surface area contributed by atoms with E-state index in [-0.39, 0.29) is 54.7 Å². The predicted octanol–water partition coefficient (Wildman–Crippen LogP) is 6.69. The molecular weight excluding hydrogens is 599 g/mol. The van der Waals surface area contributed by atoms with E-state index in [9.17, 15) is 5.11 Å². The van der Waals surface area contributed by atoms with Crippen LogP contribution in [0.25, 0.3) is 21.5 Å². The van der Waals surface area contributed by atoms with Gasteiger partial charge in [-0.3, -0.25) is 0 Å². The Morgan fingerprint density at radius 2 is 1.20 bits per heavy atom. The van der Waals surface area contributed by atoms with E-state index >= 15 is 0 Å². The molecule has 1 aliphatic carbocycles. The summed E-state index contributed by atoms with van der Waals surface area (Å²) >= 11 is 0. The predicted molar refractivity (Wildman–Crippen MR) is 193 cm³/mol. The van der Waals surface area contributed by atoms with Crippen LogP contribution in [0, 0.1) is 5.92 Å². The monoisotopic (exact) mass is 648 g/mol. The molecule has 3 aliphatic rings. The highest BCUT2D eigenvalue weighted by Crippen LogP contribution is 2.52. The molecule has 242 valence electrons. The van der Waals surface area contributed by atoms with Crippen molar-refractivity contribution >= 4 is 46.4 Å². The Labute approximate surface area is 281 Å². The topological polar surface area (TPSA) is 78.8 Å². The molecule has 4 unspecified atom stereocenters. The van der Waals surface area contributed by atoms with Crippen molar-refractivity contribution in [1.82, 2.24) is 9.80 Å². The van der Waals surface area contributed by atoms with E-state index in [0.29, 0.717) is 0 Å². The summed E-state index contributed by atoms with van der Waals surface area (Å²) in [5.74, 6) is 0.330. The van der Waals surface area contributed by atoms with Crippen molar-refractivity contribution in [3.63, 3.8) is 0 Å². The van der Waals surface area contributed by atoms with Crippen LogP contribution < -0.4 is 11.5 Å². The molecule has 0 radical (unpaired) electrons. The summed E-state index contributed by atoms with van der Waals surface area (Å²) in [6.07, 6.45) is 6.15. The van der Waals surface area contributed by atoms with E-state index < -0.39 is 5.60 Å². The van der Waals surface area contributed by atoms with E-state index in [1.165, 1.54) is 32.7 Å². The average Bonchev–Trinajstić information content (AvgIpc) is 3.65. The van der Waals surface area contributed by atoms with Gasteiger partial charge in [-0.15, -0.1) is 24.8 Å². The first kappa shape index (κ1) is 34.1. The summed E-state index contributed by atoms with van der Waals surface area (Å²) in [5.41, 5.74) is 14.7. The van der Waals surface area contributed by atoms with Crippen molar-refractivity contribution in [2.45, 2.75) is 68.0 Å². The number of nitrogens with zero attached hydrogens (tertiary/aromatic N) is 2. The largest absolute Gasteiger partial charge is 0.389 e. The van der Waals surface area contributed by atoms with E-state index in [1.54, 1.807) is 0 Å². The number of hydrogen-bond acceptors (Lipinski definition) is 5. The summed E-state index contributed by atoms with van der Waals surface area (Å²) in [6, 6.07) is 31.5. The zero-order valence-electron chi connectivity index (χ0n) is 26.3. The summed E-state index contributed by atoms with van der Waals surface area (Å²) in [4.78, 5) is 5.09. The second-order valence-electron chi connectivity index (χ2n) is 13.8. The third kappa shape index (κ3) is 6.92. The Morgan fingerprint density at radius 1 is 0.667 bits per heavy atom. The highest BCUT2D eigenvalue weighted by atomic mass is 35.5. The maximum absolute atomic E-state index is 13.5. The van der Waals surface area contributed by atoms with Crippen molar-refractivity contribution in [2.24, 2.45) is 17.4 Å². The quantitative estimate of drug-likeness (QED) is 0.198. The fourth-order valence-electron chi connectivity index (χ4n) is 8.88. The second kappa shape index (κ2) is 14.7. The highest BCUT2D eigenvalue weighted by Gasteiger charge is 2.50. The summed E-state index contributed by atoms with van der Waals surface area (Å²) in [6.45, 7) is 5.65. The number of benzene rings is 4. The van der Waals surface area contributed by atoms with Gasteiger partial charge in [0.15, 0.2) is 0 Å². The molecule has 6 atom stereocenters. The number of fused-ring (bicyclic) bond motifs is 2. The second-order valence-corrected chi connectivity index (χ2v) is 13.8. The van der Waals surface area contributed by atoms with Gasteiger partial charge in [-0.25, -0.2) is 0 Å². The molecule has 1 saturated carbocycles. The molecule has 4 aromatic carbocycles. The molecule has 0 amide bonds. The molecule has 2 saturated heterocycles. The summed E-state index contributed by atoms with van der Waals surface area (Å²) < 4.78 is 0. The van der Waals surface area contributed by atoms with Crippen molar-refractivity contribution < 1.29 is 5.11 Å². The Kier molecular flexibility index (Phi) is 11.1. The van der Waals surface area contributed by atoms with Gasteiger partial charge in [0, 0.05) is 50.1 Å². The van der Waals surface area contributed by atoms with Gasteiger partial charge in [0.25, 0.3) is 0 Å². The Morgan fingerprint density at radius 3 is 1.80 bits per heavy atom. The van der Waals surface area contributed by atoms with Crippen LogP contribution in [-0.4, -0.2) is 71.9 Å². The van der Waals surface area contributed by atoms with Crippen molar-refractivity contribution in [1.29, 1.82) is 0 Å². The van der Waals surface area contributed by atoms with E-state index in [0.717, 1.165) is 77.8 Å². The lowest BCUT2D eigenvalue weighted by atomic mass is 9.60. The van der Waals surface area contributed by atoms with Gasteiger partial charge >= 0.3 is 0 Å². The number of nitrogens with two attached hydrogens (primary N) is 2. The van der Waals surface area contributed by atoms with Crippen LogP contribution in [0.15, 0.2) is 84.9 Å². The lowest BCUT2D eigenvalue weighted by Gasteiger charge is -2.50. The van der Waals surface area contributed by atoms with Gasteiger partial charge in [0.2, 0.25) is 0 Å². The van der Waals surface area contributed by atoms with E-state index in [4.69, 9.17) is 11.5 Å². The van der Waals surface area contributed by atoms with Gasteiger partial charge in [-0.05, 0) is 77.4 Å². The fourth-order valence-corrected chi connectivity index (χ4v) is 8.88. The van der Waals surface area contributed by atoms with Crippen LogP contribution in [0.3, 0.4) is 0 Å². The standard InChI is InChI=1S/C38H48N4O.2ClH/c39-29-18-21-41(23-29)25-35(33-15-7-11-27-9-1-3-13-31(27)33)36-17-5-6-20-38(36,43)37(26-42-22-19-30(40)24-42)34-16-8-12-28-10-2-4-14-32(28)34;;/h1-4,7-16,29-30,35-37,43H,5-6,17-26,39-40H2;2*1H/t29-,30-,35?,36?,37?,38?;;/m0../s1. The average molecular weight is 650 g/mol.